The molecular weight excluding hydrogens is 260 g/mol. The van der Waals surface area contributed by atoms with Crippen molar-refractivity contribution in [3.8, 4) is 0 Å². The van der Waals surface area contributed by atoms with E-state index in [1.54, 1.807) is 20.8 Å². The van der Waals surface area contributed by atoms with E-state index in [9.17, 15) is 18.0 Å². The lowest BCUT2D eigenvalue weighted by atomic mass is 10.4. The van der Waals surface area contributed by atoms with Gasteiger partial charge in [0.25, 0.3) is 0 Å². The monoisotopic (exact) mass is 280 g/mol. The van der Waals surface area contributed by atoms with E-state index >= 15 is 0 Å². The minimum absolute atomic E-state index is 0.166. The van der Waals surface area contributed by atoms with Crippen molar-refractivity contribution in [2.75, 3.05) is 31.9 Å². The van der Waals surface area contributed by atoms with Crippen molar-refractivity contribution in [1.29, 1.82) is 0 Å². The molecular formula is C10H20N2O5S. The maximum absolute atomic E-state index is 11.8. The maximum atomic E-state index is 11.8. The fraction of sp³-hybridized carbons (Fsp3) is 0.800. The summed E-state index contributed by atoms with van der Waals surface area (Å²) in [6.45, 7) is 5.22. The Morgan fingerprint density at radius 1 is 1.06 bits per heavy atom. The Labute approximate surface area is 107 Å². The molecule has 0 aliphatic rings. The minimum Gasteiger partial charge on any atom is -0.480 e. The number of aliphatic carboxylic acids is 1. The Bertz CT molecular complexity index is 389. The molecule has 8 heteroatoms. The lowest BCUT2D eigenvalue weighted by Crippen LogP contribution is -2.43. The number of carbonyl (C=O) groups excluding carboxylic acids is 1. The van der Waals surface area contributed by atoms with Gasteiger partial charge in [0.2, 0.25) is 15.9 Å². The number of hydrogen-bond acceptors (Lipinski definition) is 4. The minimum atomic E-state index is -3.66. The number of hydrogen-bond donors (Lipinski definition) is 1. The Kier molecular flexibility index (Phi) is 6.85. The molecule has 106 valence electrons. The Morgan fingerprint density at radius 2 is 1.56 bits per heavy atom. The van der Waals surface area contributed by atoms with Crippen LogP contribution < -0.4 is 0 Å². The molecule has 7 nitrogen and oxygen atoms in total. The normalized spacial score (nSPS) is 11.6. The third-order valence-electron chi connectivity index (χ3n) is 2.47. The molecule has 0 bridgehead atoms. The average Bonchev–Trinajstić information content (AvgIpc) is 2.25. The molecule has 0 spiro atoms. The zero-order valence-corrected chi connectivity index (χ0v) is 11.7. The first kappa shape index (κ1) is 16.9. The fourth-order valence-corrected chi connectivity index (χ4v) is 2.96. The van der Waals surface area contributed by atoms with Crippen molar-refractivity contribution in [2.45, 2.75) is 20.8 Å². The lowest BCUT2D eigenvalue weighted by molar-refractivity contribution is -0.143. The predicted octanol–water partition coefficient (Wildman–Crippen LogP) is -0.409. The largest absolute Gasteiger partial charge is 0.480 e. The van der Waals surface area contributed by atoms with Gasteiger partial charge in [-0.15, -0.1) is 0 Å². The Morgan fingerprint density at radius 3 is 1.89 bits per heavy atom. The molecule has 0 aromatic rings. The van der Waals surface area contributed by atoms with Crippen LogP contribution >= 0.6 is 0 Å². The topological polar surface area (TPSA) is 95.0 Å². The number of nitrogens with zero attached hydrogens (tertiary/aromatic N) is 2. The van der Waals surface area contributed by atoms with E-state index in [1.807, 2.05) is 0 Å². The summed E-state index contributed by atoms with van der Waals surface area (Å²) in [6, 6.07) is 0. The van der Waals surface area contributed by atoms with E-state index < -0.39 is 34.2 Å². The van der Waals surface area contributed by atoms with Crippen LogP contribution in [0.15, 0.2) is 0 Å². The summed E-state index contributed by atoms with van der Waals surface area (Å²) >= 11 is 0. The Balaban J connectivity index is 4.77. The van der Waals surface area contributed by atoms with Gasteiger partial charge in [-0.2, -0.15) is 0 Å². The van der Waals surface area contributed by atoms with Crippen molar-refractivity contribution in [2.24, 2.45) is 0 Å². The van der Waals surface area contributed by atoms with Crippen molar-refractivity contribution in [3.63, 3.8) is 0 Å². The van der Waals surface area contributed by atoms with Gasteiger partial charge in [-0.25, -0.2) is 12.7 Å². The highest BCUT2D eigenvalue weighted by atomic mass is 32.2. The first-order valence-corrected chi connectivity index (χ1v) is 7.36. The molecule has 0 atom stereocenters. The standard InChI is InChI=1S/C10H20N2O5S/c1-4-11(7-10(14)15)9(13)8-18(16,17)12(5-2)6-3/h4-8H2,1-3H3,(H,14,15). The highest BCUT2D eigenvalue weighted by Crippen LogP contribution is 2.03. The summed E-state index contributed by atoms with van der Waals surface area (Å²) in [7, 11) is -3.66. The summed E-state index contributed by atoms with van der Waals surface area (Å²) in [4.78, 5) is 23.3. The molecule has 0 unspecified atom stereocenters. The van der Waals surface area contributed by atoms with Gasteiger partial charge in [0, 0.05) is 19.6 Å². The lowest BCUT2D eigenvalue weighted by Gasteiger charge is -2.22. The molecule has 0 saturated carbocycles. The molecule has 0 saturated heterocycles. The smallest absolute Gasteiger partial charge is 0.323 e. The molecule has 18 heavy (non-hydrogen) atoms. The number of carboxylic acids is 1. The van der Waals surface area contributed by atoms with Crippen LogP contribution in [0, 0.1) is 0 Å². The molecule has 0 rings (SSSR count). The van der Waals surface area contributed by atoms with Gasteiger partial charge in [-0.05, 0) is 6.92 Å². The predicted molar refractivity (Wildman–Crippen MR) is 66.6 cm³/mol. The van der Waals surface area contributed by atoms with Crippen LogP contribution in [0.4, 0.5) is 0 Å². The van der Waals surface area contributed by atoms with Crippen LogP contribution in [0.2, 0.25) is 0 Å². The third kappa shape index (κ3) is 5.01. The van der Waals surface area contributed by atoms with Crippen LogP contribution in [0.3, 0.4) is 0 Å². The number of sulfonamides is 1. The zero-order valence-electron chi connectivity index (χ0n) is 10.9. The molecule has 1 N–H and O–H groups in total. The van der Waals surface area contributed by atoms with E-state index in [0.29, 0.717) is 0 Å². The van der Waals surface area contributed by atoms with E-state index in [2.05, 4.69) is 0 Å². The molecule has 0 aliphatic carbocycles. The average molecular weight is 280 g/mol. The first-order valence-electron chi connectivity index (χ1n) is 5.75. The van der Waals surface area contributed by atoms with E-state index in [0.717, 1.165) is 4.90 Å². The van der Waals surface area contributed by atoms with Gasteiger partial charge < -0.3 is 10.0 Å². The number of amides is 1. The van der Waals surface area contributed by atoms with Crippen LogP contribution in [-0.4, -0.2) is 66.5 Å². The summed E-state index contributed by atoms with van der Waals surface area (Å²) in [5.74, 6) is -2.53. The maximum Gasteiger partial charge on any atom is 0.323 e. The molecule has 0 aromatic carbocycles. The molecule has 1 amide bonds. The third-order valence-corrected chi connectivity index (χ3v) is 4.38. The molecule has 0 aromatic heterocycles. The number of likely N-dealkylation sites (N-methyl/N-ethyl adjacent to an activating group) is 1. The van der Waals surface area contributed by atoms with Crippen LogP contribution in [0.25, 0.3) is 0 Å². The van der Waals surface area contributed by atoms with Crippen LogP contribution in [0.5, 0.6) is 0 Å². The summed E-state index contributed by atoms with van der Waals surface area (Å²) < 4.78 is 24.9. The second kappa shape index (κ2) is 7.32. The van der Waals surface area contributed by atoms with Gasteiger partial charge in [0.1, 0.15) is 12.3 Å². The highest BCUT2D eigenvalue weighted by molar-refractivity contribution is 7.89. The number of rotatable bonds is 8. The summed E-state index contributed by atoms with van der Waals surface area (Å²) in [5.41, 5.74) is 0. The molecule has 0 radical (unpaired) electrons. The van der Waals surface area contributed by atoms with Gasteiger partial charge in [-0.1, -0.05) is 13.8 Å². The van der Waals surface area contributed by atoms with Gasteiger partial charge >= 0.3 is 5.97 Å². The molecule has 0 fully saturated rings. The van der Waals surface area contributed by atoms with E-state index in [1.165, 1.54) is 4.31 Å². The van der Waals surface area contributed by atoms with E-state index in [-0.39, 0.29) is 19.6 Å². The van der Waals surface area contributed by atoms with Gasteiger partial charge in [0.05, 0.1) is 0 Å². The van der Waals surface area contributed by atoms with Crippen LogP contribution in [0.1, 0.15) is 20.8 Å². The second-order valence-corrected chi connectivity index (χ2v) is 5.61. The van der Waals surface area contributed by atoms with Crippen molar-refractivity contribution in [3.05, 3.63) is 0 Å². The SMILES string of the molecule is CCN(CC(=O)O)C(=O)CS(=O)(=O)N(CC)CC. The first-order chi connectivity index (χ1) is 8.28. The summed E-state index contributed by atoms with van der Waals surface area (Å²) in [6.07, 6.45) is 0. The number of carbonyl (C=O) groups is 2. The quantitative estimate of drug-likeness (QED) is 0.652. The van der Waals surface area contributed by atoms with Gasteiger partial charge in [-0.3, -0.25) is 9.59 Å². The van der Waals surface area contributed by atoms with Gasteiger partial charge in [0.15, 0.2) is 0 Å². The van der Waals surface area contributed by atoms with Crippen LogP contribution in [-0.2, 0) is 19.6 Å². The van der Waals surface area contributed by atoms with E-state index in [4.69, 9.17) is 5.11 Å². The number of carboxylic acid groups (broad SMARTS) is 1. The second-order valence-electron chi connectivity index (χ2n) is 3.64. The van der Waals surface area contributed by atoms with Crippen molar-refractivity contribution < 1.29 is 23.1 Å². The fourth-order valence-electron chi connectivity index (χ4n) is 1.50. The molecule has 0 heterocycles. The zero-order chi connectivity index (χ0) is 14.3. The van der Waals surface area contributed by atoms with Crippen molar-refractivity contribution >= 4 is 21.9 Å². The summed E-state index contributed by atoms with van der Waals surface area (Å²) in [5, 5.41) is 8.61. The Hall–Kier alpha value is -1.15. The van der Waals surface area contributed by atoms with Crippen molar-refractivity contribution in [1.82, 2.24) is 9.21 Å². The highest BCUT2D eigenvalue weighted by Gasteiger charge is 2.26. The molecule has 0 aliphatic heterocycles.